The fourth-order valence-electron chi connectivity index (χ4n) is 4.24. The number of sulfonamides is 1. The molecule has 164 valence electrons. The van der Waals surface area contributed by atoms with Gasteiger partial charge in [0.1, 0.15) is 11.1 Å². The molecule has 2 aromatic rings. The number of aryl methyl sites for hydroxylation is 1. The number of hydrogen-bond donors (Lipinski definition) is 1. The molecular weight excluding hydrogens is 450 g/mol. The number of fused-ring (bicyclic) bond motifs is 1. The Kier molecular flexibility index (Phi) is 6.72. The Hall–Kier alpha value is -1.86. The standard InChI is InChI=1S/C22H25N3O3S3/c1-29-16-6-8-17(9-7-16)31(27,28)25-12-10-15(11-13-25)21(26)24-22-19(14-23)18-4-2-3-5-20(18)30-22/h6-9,15H,2-5,10-13H2,1H3,(H,24,26). The normalized spacial score (nSPS) is 17.7. The molecule has 0 bridgehead atoms. The van der Waals surface area contributed by atoms with E-state index in [9.17, 15) is 18.5 Å². The Balaban J connectivity index is 1.40. The predicted molar refractivity (Wildman–Crippen MR) is 124 cm³/mol. The molecule has 2 aliphatic rings. The first kappa shape index (κ1) is 22.3. The van der Waals surface area contributed by atoms with Gasteiger partial charge in [0.15, 0.2) is 0 Å². The van der Waals surface area contributed by atoms with Gasteiger partial charge in [0, 0.05) is 28.8 Å². The van der Waals surface area contributed by atoms with E-state index in [4.69, 9.17) is 0 Å². The van der Waals surface area contributed by atoms with Crippen molar-refractivity contribution in [1.82, 2.24) is 4.31 Å². The highest BCUT2D eigenvalue weighted by molar-refractivity contribution is 7.98. The van der Waals surface area contributed by atoms with Gasteiger partial charge in [-0.1, -0.05) is 0 Å². The summed E-state index contributed by atoms with van der Waals surface area (Å²) in [5.41, 5.74) is 1.71. The maximum Gasteiger partial charge on any atom is 0.243 e. The highest BCUT2D eigenvalue weighted by Crippen LogP contribution is 2.38. The molecule has 0 spiro atoms. The van der Waals surface area contributed by atoms with Crippen LogP contribution in [0.5, 0.6) is 0 Å². The fraction of sp³-hybridized carbons (Fsp3) is 0.455. The van der Waals surface area contributed by atoms with Crippen LogP contribution in [0.4, 0.5) is 5.00 Å². The monoisotopic (exact) mass is 475 g/mol. The topological polar surface area (TPSA) is 90.3 Å². The summed E-state index contributed by atoms with van der Waals surface area (Å²) in [5, 5.41) is 13.2. The summed E-state index contributed by atoms with van der Waals surface area (Å²) >= 11 is 3.09. The van der Waals surface area contributed by atoms with E-state index in [0.717, 1.165) is 36.1 Å². The number of nitrogens with one attached hydrogen (secondary N) is 1. The van der Waals surface area contributed by atoms with Crippen molar-refractivity contribution in [3.63, 3.8) is 0 Å². The molecule has 1 aliphatic heterocycles. The maximum absolute atomic E-state index is 12.9. The SMILES string of the molecule is CSc1ccc(S(=O)(=O)N2CCC(C(=O)Nc3sc4c(c3C#N)CCCC4)CC2)cc1. The Labute approximate surface area is 191 Å². The van der Waals surface area contributed by atoms with Gasteiger partial charge in [0.25, 0.3) is 0 Å². The molecular formula is C22H25N3O3S3. The van der Waals surface area contributed by atoms with Gasteiger partial charge in [0.2, 0.25) is 15.9 Å². The van der Waals surface area contributed by atoms with Crippen molar-refractivity contribution >= 4 is 44.0 Å². The van der Waals surface area contributed by atoms with Crippen molar-refractivity contribution in [2.45, 2.75) is 48.3 Å². The first-order valence-electron chi connectivity index (χ1n) is 10.4. The van der Waals surface area contributed by atoms with Crippen LogP contribution in [0.3, 0.4) is 0 Å². The first-order chi connectivity index (χ1) is 14.9. The number of carbonyl (C=O) groups is 1. The molecule has 2 heterocycles. The van der Waals surface area contributed by atoms with Crippen molar-refractivity contribution in [3.05, 3.63) is 40.3 Å². The molecule has 6 nitrogen and oxygen atoms in total. The van der Waals surface area contributed by atoms with Gasteiger partial charge in [-0.05, 0) is 74.6 Å². The van der Waals surface area contributed by atoms with E-state index < -0.39 is 10.0 Å². The lowest BCUT2D eigenvalue weighted by atomic mass is 9.95. The van der Waals surface area contributed by atoms with Crippen molar-refractivity contribution < 1.29 is 13.2 Å². The molecule has 1 aromatic heterocycles. The summed E-state index contributed by atoms with van der Waals surface area (Å²) in [6.45, 7) is 0.632. The Morgan fingerprint density at radius 3 is 2.52 bits per heavy atom. The molecule has 0 unspecified atom stereocenters. The van der Waals surface area contributed by atoms with E-state index in [1.54, 1.807) is 23.9 Å². The number of carbonyl (C=O) groups excluding carboxylic acids is 1. The van der Waals surface area contributed by atoms with Crippen molar-refractivity contribution in [1.29, 1.82) is 5.26 Å². The van der Waals surface area contributed by atoms with Crippen LogP contribution in [-0.4, -0.2) is 38.0 Å². The van der Waals surface area contributed by atoms with Gasteiger partial charge in [-0.15, -0.1) is 23.1 Å². The number of hydrogen-bond acceptors (Lipinski definition) is 6. The van der Waals surface area contributed by atoms with E-state index in [1.165, 1.54) is 20.5 Å². The highest BCUT2D eigenvalue weighted by Gasteiger charge is 2.33. The molecule has 1 amide bonds. The van der Waals surface area contributed by atoms with Gasteiger partial charge >= 0.3 is 0 Å². The van der Waals surface area contributed by atoms with E-state index >= 15 is 0 Å². The average Bonchev–Trinajstić information content (AvgIpc) is 3.16. The number of nitrogens with zero attached hydrogens (tertiary/aromatic N) is 2. The number of nitriles is 1. The molecule has 1 saturated heterocycles. The third-order valence-corrected chi connectivity index (χ3v) is 9.91. The maximum atomic E-state index is 12.9. The van der Waals surface area contributed by atoms with Crippen LogP contribution < -0.4 is 5.32 Å². The summed E-state index contributed by atoms with van der Waals surface area (Å²) in [7, 11) is -3.56. The Morgan fingerprint density at radius 2 is 1.87 bits per heavy atom. The zero-order valence-electron chi connectivity index (χ0n) is 17.4. The van der Waals surface area contributed by atoms with E-state index in [1.807, 2.05) is 18.4 Å². The third-order valence-electron chi connectivity index (χ3n) is 6.04. The summed E-state index contributed by atoms with van der Waals surface area (Å²) < 4.78 is 27.3. The van der Waals surface area contributed by atoms with Crippen molar-refractivity contribution in [3.8, 4) is 6.07 Å². The lowest BCUT2D eigenvalue weighted by Gasteiger charge is -2.30. The van der Waals surface area contributed by atoms with Crippen LogP contribution in [0.1, 0.15) is 41.7 Å². The van der Waals surface area contributed by atoms with Crippen LogP contribution >= 0.6 is 23.1 Å². The zero-order chi connectivity index (χ0) is 22.0. The summed E-state index contributed by atoms with van der Waals surface area (Å²) in [5.74, 6) is -0.368. The van der Waals surface area contributed by atoms with Crippen LogP contribution in [0.15, 0.2) is 34.1 Å². The lowest BCUT2D eigenvalue weighted by Crippen LogP contribution is -2.41. The highest BCUT2D eigenvalue weighted by atomic mass is 32.2. The molecule has 1 N–H and O–H groups in total. The minimum Gasteiger partial charge on any atom is -0.316 e. The quantitative estimate of drug-likeness (QED) is 0.653. The van der Waals surface area contributed by atoms with E-state index in [2.05, 4.69) is 11.4 Å². The van der Waals surface area contributed by atoms with E-state index in [-0.39, 0.29) is 16.7 Å². The molecule has 31 heavy (non-hydrogen) atoms. The minimum absolute atomic E-state index is 0.114. The van der Waals surface area contributed by atoms with Gasteiger partial charge in [-0.25, -0.2) is 8.42 Å². The van der Waals surface area contributed by atoms with Gasteiger partial charge < -0.3 is 5.32 Å². The number of anilines is 1. The second-order valence-electron chi connectivity index (χ2n) is 7.87. The average molecular weight is 476 g/mol. The fourth-order valence-corrected chi connectivity index (χ4v) is 7.36. The van der Waals surface area contributed by atoms with Crippen molar-refractivity contribution in [2.75, 3.05) is 24.7 Å². The first-order valence-corrected chi connectivity index (χ1v) is 13.9. The van der Waals surface area contributed by atoms with Gasteiger partial charge in [0.05, 0.1) is 10.5 Å². The molecule has 0 saturated carbocycles. The Morgan fingerprint density at radius 1 is 1.19 bits per heavy atom. The second-order valence-corrected chi connectivity index (χ2v) is 11.8. The summed E-state index contributed by atoms with van der Waals surface area (Å²) in [4.78, 5) is 15.4. The lowest BCUT2D eigenvalue weighted by molar-refractivity contribution is -0.120. The predicted octanol–water partition coefficient (Wildman–Crippen LogP) is 4.26. The van der Waals surface area contributed by atoms with Crippen LogP contribution in [0.2, 0.25) is 0 Å². The summed E-state index contributed by atoms with van der Waals surface area (Å²) in [6.07, 6.45) is 6.97. The van der Waals surface area contributed by atoms with Gasteiger partial charge in [-0.3, -0.25) is 4.79 Å². The van der Waals surface area contributed by atoms with Crippen LogP contribution in [-0.2, 0) is 27.7 Å². The number of piperidine rings is 1. The molecule has 0 atom stereocenters. The molecule has 1 fully saturated rings. The molecule has 4 rings (SSSR count). The number of thiophene rings is 1. The van der Waals surface area contributed by atoms with E-state index in [0.29, 0.717) is 36.5 Å². The largest absolute Gasteiger partial charge is 0.316 e. The number of rotatable bonds is 5. The molecule has 1 aliphatic carbocycles. The second kappa shape index (κ2) is 9.33. The third kappa shape index (κ3) is 4.53. The van der Waals surface area contributed by atoms with Crippen LogP contribution in [0.25, 0.3) is 0 Å². The number of amides is 1. The Bertz CT molecular complexity index is 1110. The number of thioether (sulfide) groups is 1. The molecule has 1 aromatic carbocycles. The smallest absolute Gasteiger partial charge is 0.243 e. The van der Waals surface area contributed by atoms with Crippen molar-refractivity contribution in [2.24, 2.45) is 5.92 Å². The van der Waals surface area contributed by atoms with Crippen LogP contribution in [0, 0.1) is 17.2 Å². The zero-order valence-corrected chi connectivity index (χ0v) is 19.8. The minimum atomic E-state index is -3.56. The molecule has 9 heteroatoms. The van der Waals surface area contributed by atoms with Gasteiger partial charge in [-0.2, -0.15) is 9.57 Å². The molecule has 0 radical (unpaired) electrons. The number of benzene rings is 1. The summed E-state index contributed by atoms with van der Waals surface area (Å²) in [6, 6.07) is 9.17.